The molecule has 0 aromatic heterocycles. The molecule has 1 fully saturated rings. The second-order valence-corrected chi connectivity index (χ2v) is 8.88. The summed E-state index contributed by atoms with van der Waals surface area (Å²) in [5.41, 5.74) is 1.46. The summed E-state index contributed by atoms with van der Waals surface area (Å²) in [6.07, 6.45) is 2.49. The molecule has 34 heavy (non-hydrogen) atoms. The highest BCUT2D eigenvalue weighted by Gasteiger charge is 2.34. The highest BCUT2D eigenvalue weighted by atomic mass is 16.5. The number of benzene rings is 2. The van der Waals surface area contributed by atoms with Gasteiger partial charge in [-0.1, -0.05) is 37.3 Å². The molecule has 182 valence electrons. The van der Waals surface area contributed by atoms with Gasteiger partial charge in [0, 0.05) is 24.7 Å². The molecule has 3 amide bonds. The van der Waals surface area contributed by atoms with Crippen molar-refractivity contribution in [1.82, 2.24) is 15.5 Å². The van der Waals surface area contributed by atoms with Gasteiger partial charge >= 0.3 is 0 Å². The summed E-state index contributed by atoms with van der Waals surface area (Å²) in [6.45, 7) is 5.10. The maximum atomic E-state index is 13.1. The standard InChI is InChI=1S/C27H35N3O4/c1-4-19(2)28-27(33)25(29-26(32)22-10-12-23(34-3)13-11-22)21-14-16-30(17-15-21)24(31)18-20-8-6-5-7-9-20/h5-13,19,21,25H,4,14-18H2,1-3H3,(H,28,33)(H,29,32)/t19-,25-/m1/s1. The van der Waals surface area contributed by atoms with Gasteiger partial charge in [-0.15, -0.1) is 0 Å². The summed E-state index contributed by atoms with van der Waals surface area (Å²) in [5, 5.41) is 5.97. The van der Waals surface area contributed by atoms with Crippen LogP contribution in [0.1, 0.15) is 49.0 Å². The first-order chi connectivity index (χ1) is 16.4. The fraction of sp³-hybridized carbons (Fsp3) is 0.444. The molecule has 1 aliphatic rings. The molecule has 1 heterocycles. The molecule has 0 spiro atoms. The maximum Gasteiger partial charge on any atom is 0.251 e. The lowest BCUT2D eigenvalue weighted by molar-refractivity contribution is -0.132. The lowest BCUT2D eigenvalue weighted by Gasteiger charge is -2.36. The zero-order valence-corrected chi connectivity index (χ0v) is 20.3. The number of carbonyl (C=O) groups is 3. The third kappa shape index (κ3) is 6.83. The summed E-state index contributed by atoms with van der Waals surface area (Å²) in [5.74, 6) is 0.231. The van der Waals surface area contributed by atoms with Crippen molar-refractivity contribution in [3.05, 3.63) is 65.7 Å². The van der Waals surface area contributed by atoms with Gasteiger partial charge in [-0.3, -0.25) is 14.4 Å². The predicted octanol–water partition coefficient (Wildman–Crippen LogP) is 3.19. The second-order valence-electron chi connectivity index (χ2n) is 8.88. The average molecular weight is 466 g/mol. The Morgan fingerprint density at radius 1 is 1.00 bits per heavy atom. The first kappa shape index (κ1) is 25.3. The van der Waals surface area contributed by atoms with E-state index in [1.54, 1.807) is 31.4 Å². The SMILES string of the molecule is CC[C@@H](C)NC(=O)[C@H](NC(=O)c1ccc(OC)cc1)C1CCN(C(=O)Cc2ccccc2)CC1. The van der Waals surface area contributed by atoms with Crippen LogP contribution >= 0.6 is 0 Å². The van der Waals surface area contributed by atoms with E-state index in [9.17, 15) is 14.4 Å². The summed E-state index contributed by atoms with van der Waals surface area (Å²) >= 11 is 0. The molecule has 2 aromatic carbocycles. The molecule has 0 bridgehead atoms. The zero-order valence-electron chi connectivity index (χ0n) is 20.3. The van der Waals surface area contributed by atoms with Crippen LogP contribution in [0.3, 0.4) is 0 Å². The Morgan fingerprint density at radius 3 is 2.24 bits per heavy atom. The van der Waals surface area contributed by atoms with E-state index in [0.29, 0.717) is 43.7 Å². The van der Waals surface area contributed by atoms with Crippen molar-refractivity contribution in [3.63, 3.8) is 0 Å². The van der Waals surface area contributed by atoms with Crippen LogP contribution in [-0.4, -0.2) is 54.9 Å². The van der Waals surface area contributed by atoms with Gasteiger partial charge in [-0.25, -0.2) is 0 Å². The van der Waals surface area contributed by atoms with Crippen molar-refractivity contribution >= 4 is 17.7 Å². The number of nitrogens with one attached hydrogen (secondary N) is 2. The number of hydrogen-bond donors (Lipinski definition) is 2. The monoisotopic (exact) mass is 465 g/mol. The van der Waals surface area contributed by atoms with Crippen molar-refractivity contribution in [3.8, 4) is 5.75 Å². The van der Waals surface area contributed by atoms with Gasteiger partial charge in [0.1, 0.15) is 11.8 Å². The van der Waals surface area contributed by atoms with Crippen LogP contribution in [0.15, 0.2) is 54.6 Å². The van der Waals surface area contributed by atoms with E-state index in [-0.39, 0.29) is 29.7 Å². The van der Waals surface area contributed by atoms with Gasteiger partial charge < -0.3 is 20.3 Å². The Kier molecular flexibility index (Phi) is 9.08. The summed E-state index contributed by atoms with van der Waals surface area (Å²) < 4.78 is 5.16. The Bertz CT molecular complexity index is 954. The number of nitrogens with zero attached hydrogens (tertiary/aromatic N) is 1. The van der Waals surface area contributed by atoms with Crippen LogP contribution in [0.5, 0.6) is 5.75 Å². The number of ether oxygens (including phenoxy) is 1. The number of likely N-dealkylation sites (tertiary alicyclic amines) is 1. The van der Waals surface area contributed by atoms with E-state index in [2.05, 4.69) is 10.6 Å². The number of rotatable bonds is 9. The van der Waals surface area contributed by atoms with Crippen LogP contribution in [-0.2, 0) is 16.0 Å². The van der Waals surface area contributed by atoms with E-state index in [1.165, 1.54) is 0 Å². The third-order valence-corrected chi connectivity index (χ3v) is 6.48. The van der Waals surface area contributed by atoms with Crippen LogP contribution in [0, 0.1) is 5.92 Å². The minimum atomic E-state index is -0.657. The van der Waals surface area contributed by atoms with Gasteiger partial charge in [0.25, 0.3) is 5.91 Å². The molecule has 2 N–H and O–H groups in total. The summed E-state index contributed by atoms with van der Waals surface area (Å²) in [4.78, 5) is 40.6. The van der Waals surface area contributed by atoms with Crippen LogP contribution in [0.4, 0.5) is 0 Å². The topological polar surface area (TPSA) is 87.7 Å². The van der Waals surface area contributed by atoms with E-state index >= 15 is 0 Å². The Hall–Kier alpha value is -3.35. The van der Waals surface area contributed by atoms with E-state index in [4.69, 9.17) is 4.74 Å². The van der Waals surface area contributed by atoms with Gasteiger partial charge in [0.2, 0.25) is 11.8 Å². The van der Waals surface area contributed by atoms with Gasteiger partial charge in [-0.2, -0.15) is 0 Å². The highest BCUT2D eigenvalue weighted by molar-refractivity contribution is 5.97. The molecule has 0 saturated carbocycles. The molecule has 1 aliphatic heterocycles. The zero-order chi connectivity index (χ0) is 24.5. The molecule has 2 aromatic rings. The lowest BCUT2D eigenvalue weighted by atomic mass is 9.88. The first-order valence-corrected chi connectivity index (χ1v) is 12.0. The quantitative estimate of drug-likeness (QED) is 0.595. The molecular formula is C27H35N3O4. The molecule has 0 aliphatic carbocycles. The smallest absolute Gasteiger partial charge is 0.251 e. The Balaban J connectivity index is 1.65. The largest absolute Gasteiger partial charge is 0.497 e. The van der Waals surface area contributed by atoms with Gasteiger partial charge in [-0.05, 0) is 61.9 Å². The number of hydrogen-bond acceptors (Lipinski definition) is 4. The molecule has 2 atom stereocenters. The molecular weight excluding hydrogens is 430 g/mol. The van der Waals surface area contributed by atoms with Crippen molar-refractivity contribution in [2.45, 2.75) is 51.6 Å². The number of amides is 3. The summed E-state index contributed by atoms with van der Waals surface area (Å²) in [6, 6.07) is 15.9. The van der Waals surface area contributed by atoms with Crippen molar-refractivity contribution < 1.29 is 19.1 Å². The van der Waals surface area contributed by atoms with Crippen molar-refractivity contribution in [1.29, 1.82) is 0 Å². The Morgan fingerprint density at radius 2 is 1.65 bits per heavy atom. The fourth-order valence-electron chi connectivity index (χ4n) is 4.16. The van der Waals surface area contributed by atoms with Crippen LogP contribution < -0.4 is 15.4 Å². The minimum absolute atomic E-state index is 0.0143. The minimum Gasteiger partial charge on any atom is -0.497 e. The highest BCUT2D eigenvalue weighted by Crippen LogP contribution is 2.23. The molecule has 7 heteroatoms. The molecule has 0 unspecified atom stereocenters. The van der Waals surface area contributed by atoms with Crippen LogP contribution in [0.2, 0.25) is 0 Å². The van der Waals surface area contributed by atoms with Crippen molar-refractivity contribution in [2.24, 2.45) is 5.92 Å². The molecule has 7 nitrogen and oxygen atoms in total. The fourth-order valence-corrected chi connectivity index (χ4v) is 4.16. The summed E-state index contributed by atoms with van der Waals surface area (Å²) in [7, 11) is 1.57. The molecule has 1 saturated heterocycles. The Labute approximate surface area is 201 Å². The number of piperidine rings is 1. The number of carbonyl (C=O) groups excluding carboxylic acids is 3. The normalized spacial score (nSPS) is 15.8. The van der Waals surface area contributed by atoms with E-state index < -0.39 is 6.04 Å². The maximum absolute atomic E-state index is 13.1. The van der Waals surface area contributed by atoms with Crippen molar-refractivity contribution in [2.75, 3.05) is 20.2 Å². The predicted molar refractivity (Wildman–Crippen MR) is 132 cm³/mol. The van der Waals surface area contributed by atoms with E-state index in [1.807, 2.05) is 49.1 Å². The van der Waals surface area contributed by atoms with Gasteiger partial charge in [0.05, 0.1) is 13.5 Å². The third-order valence-electron chi connectivity index (χ3n) is 6.48. The first-order valence-electron chi connectivity index (χ1n) is 12.0. The molecule has 3 rings (SSSR count). The average Bonchev–Trinajstić information content (AvgIpc) is 2.87. The second kappa shape index (κ2) is 12.2. The van der Waals surface area contributed by atoms with Crippen LogP contribution in [0.25, 0.3) is 0 Å². The van der Waals surface area contributed by atoms with E-state index in [0.717, 1.165) is 12.0 Å². The van der Waals surface area contributed by atoms with Gasteiger partial charge in [0.15, 0.2) is 0 Å². The number of methoxy groups -OCH3 is 1. The molecule has 0 radical (unpaired) electrons. The lowest BCUT2D eigenvalue weighted by Crippen LogP contribution is -2.55.